The number of nitrogen functional groups attached to an aromatic ring is 1. The number of carbonyl (C=O) groups excluding carboxylic acids is 2. The molecule has 0 bridgehead atoms. The smallest absolute Gasteiger partial charge is 0.324 e. The maximum Gasteiger partial charge on any atom is 0.324 e. The molecular formula is C23H29ClFN5O3. The van der Waals surface area contributed by atoms with Crippen molar-refractivity contribution in [3.63, 3.8) is 0 Å². The van der Waals surface area contributed by atoms with Crippen LogP contribution >= 0.6 is 11.6 Å². The summed E-state index contributed by atoms with van der Waals surface area (Å²) in [6.45, 7) is 5.19. The number of aliphatic hydroxyl groups is 1. The number of aliphatic hydroxyl groups excluding tert-OH is 1. The predicted molar refractivity (Wildman–Crippen MR) is 126 cm³/mol. The van der Waals surface area contributed by atoms with Gasteiger partial charge in [-0.3, -0.25) is 20.0 Å². The Morgan fingerprint density at radius 3 is 2.48 bits per heavy atom. The second-order valence-corrected chi connectivity index (χ2v) is 8.24. The molecule has 1 aliphatic heterocycles. The molecule has 0 spiro atoms. The van der Waals surface area contributed by atoms with E-state index in [4.69, 9.17) is 22.6 Å². The van der Waals surface area contributed by atoms with Crippen molar-refractivity contribution in [2.24, 2.45) is 5.84 Å². The van der Waals surface area contributed by atoms with E-state index in [-0.39, 0.29) is 24.2 Å². The van der Waals surface area contributed by atoms with Gasteiger partial charge in [-0.25, -0.2) is 15.0 Å². The van der Waals surface area contributed by atoms with Crippen LogP contribution in [0, 0.1) is 5.82 Å². The minimum atomic E-state index is -0.558. The Balaban J connectivity index is 1.90. The average molecular weight is 478 g/mol. The number of nitrogens with zero attached hydrogens (tertiary/aromatic N) is 3. The second kappa shape index (κ2) is 11.4. The number of aryl methyl sites for hydroxylation is 1. The Labute approximate surface area is 197 Å². The molecule has 33 heavy (non-hydrogen) atoms. The number of benzene rings is 2. The average Bonchev–Trinajstić information content (AvgIpc) is 2.84. The van der Waals surface area contributed by atoms with E-state index in [1.807, 2.05) is 6.92 Å². The molecule has 0 unspecified atom stereocenters. The standard InChI is InChI=1S/C23H29ClFN5O3/c1-2-16-13-17(22(32)27-26)3-4-18(16)15-30(19-5-6-21(25)20(24)14-19)23(33)29-9-7-28(8-10-29)11-12-31/h3-6,13-14,31H,2,7-12,15,26H2,1H3,(H,27,32). The number of urea groups is 1. The van der Waals surface area contributed by atoms with Crippen molar-refractivity contribution in [2.45, 2.75) is 19.9 Å². The maximum atomic E-state index is 13.8. The van der Waals surface area contributed by atoms with Crippen molar-refractivity contribution in [1.29, 1.82) is 0 Å². The molecule has 1 aliphatic rings. The quantitative estimate of drug-likeness (QED) is 0.323. The summed E-state index contributed by atoms with van der Waals surface area (Å²) in [4.78, 5) is 30.9. The fourth-order valence-electron chi connectivity index (χ4n) is 3.90. The van der Waals surface area contributed by atoms with Crippen molar-refractivity contribution in [2.75, 3.05) is 44.2 Å². The Bertz CT molecular complexity index is 998. The topological polar surface area (TPSA) is 102 Å². The molecule has 2 aromatic carbocycles. The number of halogens is 2. The summed E-state index contributed by atoms with van der Waals surface area (Å²) in [7, 11) is 0. The lowest BCUT2D eigenvalue weighted by Crippen LogP contribution is -2.53. The third-order valence-corrected chi connectivity index (χ3v) is 6.10. The molecular weight excluding hydrogens is 449 g/mol. The summed E-state index contributed by atoms with van der Waals surface area (Å²) in [5.74, 6) is 4.30. The predicted octanol–water partition coefficient (Wildman–Crippen LogP) is 2.38. The van der Waals surface area contributed by atoms with Gasteiger partial charge in [-0.15, -0.1) is 0 Å². The van der Waals surface area contributed by atoms with Gasteiger partial charge in [0.1, 0.15) is 5.82 Å². The summed E-state index contributed by atoms with van der Waals surface area (Å²) in [6, 6.07) is 9.21. The summed E-state index contributed by atoms with van der Waals surface area (Å²) in [5, 5.41) is 9.09. The number of rotatable bonds is 7. The number of carbonyl (C=O) groups is 2. The fraction of sp³-hybridized carbons (Fsp3) is 0.391. The Hall–Kier alpha value is -2.72. The van der Waals surface area contributed by atoms with E-state index < -0.39 is 11.7 Å². The van der Waals surface area contributed by atoms with Crippen LogP contribution in [0.1, 0.15) is 28.4 Å². The van der Waals surface area contributed by atoms with Gasteiger partial charge in [-0.05, 0) is 47.9 Å². The minimum Gasteiger partial charge on any atom is -0.395 e. The Kier molecular flexibility index (Phi) is 8.62. The first-order chi connectivity index (χ1) is 15.9. The van der Waals surface area contributed by atoms with Crippen molar-refractivity contribution in [3.05, 3.63) is 63.9 Å². The molecule has 1 saturated heterocycles. The first kappa shape index (κ1) is 24.9. The van der Waals surface area contributed by atoms with E-state index in [1.165, 1.54) is 18.2 Å². The van der Waals surface area contributed by atoms with Crippen LogP contribution in [0.25, 0.3) is 0 Å². The normalized spacial score (nSPS) is 14.3. The second-order valence-electron chi connectivity index (χ2n) is 7.83. The van der Waals surface area contributed by atoms with Gasteiger partial charge in [0.2, 0.25) is 0 Å². The lowest BCUT2D eigenvalue weighted by Gasteiger charge is -2.37. The van der Waals surface area contributed by atoms with Gasteiger partial charge in [-0.2, -0.15) is 0 Å². The molecule has 2 aromatic rings. The SMILES string of the molecule is CCc1cc(C(=O)NN)ccc1CN(C(=O)N1CCN(CCO)CC1)c1ccc(F)c(Cl)c1. The number of nitrogens with two attached hydrogens (primary N) is 1. The van der Waals surface area contributed by atoms with Gasteiger partial charge >= 0.3 is 6.03 Å². The van der Waals surface area contributed by atoms with Crippen molar-refractivity contribution < 1.29 is 19.1 Å². The summed E-state index contributed by atoms with van der Waals surface area (Å²) < 4.78 is 13.8. The van der Waals surface area contributed by atoms with E-state index in [0.29, 0.717) is 50.4 Å². The highest BCUT2D eigenvalue weighted by Gasteiger charge is 2.27. The van der Waals surface area contributed by atoms with Crippen LogP contribution in [0.4, 0.5) is 14.9 Å². The highest BCUT2D eigenvalue weighted by atomic mass is 35.5. The molecule has 0 atom stereocenters. The Morgan fingerprint density at radius 2 is 1.88 bits per heavy atom. The van der Waals surface area contributed by atoms with E-state index in [1.54, 1.807) is 28.0 Å². The number of amides is 3. The van der Waals surface area contributed by atoms with Crippen LogP contribution < -0.4 is 16.2 Å². The number of hydrogen-bond acceptors (Lipinski definition) is 5. The molecule has 1 heterocycles. The van der Waals surface area contributed by atoms with Gasteiger partial charge in [0.05, 0.1) is 18.2 Å². The molecule has 1 fully saturated rings. The van der Waals surface area contributed by atoms with E-state index >= 15 is 0 Å². The number of piperazine rings is 1. The van der Waals surface area contributed by atoms with Gasteiger partial charge < -0.3 is 10.0 Å². The molecule has 4 N–H and O–H groups in total. The maximum absolute atomic E-state index is 13.8. The molecule has 0 saturated carbocycles. The first-order valence-corrected chi connectivity index (χ1v) is 11.2. The molecule has 10 heteroatoms. The summed E-state index contributed by atoms with van der Waals surface area (Å²) in [5.41, 5.74) is 4.79. The zero-order valence-corrected chi connectivity index (χ0v) is 19.3. The minimum absolute atomic E-state index is 0.0660. The van der Waals surface area contributed by atoms with Gasteiger partial charge in [-0.1, -0.05) is 24.6 Å². The molecule has 0 radical (unpaired) electrons. The number of β-amino-alcohol motifs (C(OH)–C–C–N with tert-alkyl or cyclic N) is 1. The van der Waals surface area contributed by atoms with E-state index in [0.717, 1.165) is 11.1 Å². The highest BCUT2D eigenvalue weighted by molar-refractivity contribution is 6.31. The number of hydrogen-bond donors (Lipinski definition) is 3. The van der Waals surface area contributed by atoms with Crippen molar-refractivity contribution in [3.8, 4) is 0 Å². The van der Waals surface area contributed by atoms with Crippen LogP contribution in [-0.2, 0) is 13.0 Å². The molecule has 178 valence electrons. The fourth-order valence-corrected chi connectivity index (χ4v) is 4.08. The van der Waals surface area contributed by atoms with Crippen LogP contribution in [0.2, 0.25) is 5.02 Å². The summed E-state index contributed by atoms with van der Waals surface area (Å²) >= 11 is 6.02. The number of nitrogens with one attached hydrogen (secondary N) is 1. The van der Waals surface area contributed by atoms with Crippen LogP contribution in [-0.4, -0.2) is 66.2 Å². The van der Waals surface area contributed by atoms with Crippen LogP contribution in [0.5, 0.6) is 0 Å². The van der Waals surface area contributed by atoms with E-state index in [9.17, 15) is 14.0 Å². The van der Waals surface area contributed by atoms with Crippen molar-refractivity contribution >= 4 is 29.2 Å². The largest absolute Gasteiger partial charge is 0.395 e. The van der Waals surface area contributed by atoms with E-state index in [2.05, 4.69) is 10.3 Å². The number of anilines is 1. The zero-order chi connectivity index (χ0) is 24.0. The van der Waals surface area contributed by atoms with Gasteiger partial charge in [0.25, 0.3) is 5.91 Å². The van der Waals surface area contributed by atoms with Crippen LogP contribution in [0.15, 0.2) is 36.4 Å². The lowest BCUT2D eigenvalue weighted by atomic mass is 10.0. The zero-order valence-electron chi connectivity index (χ0n) is 18.6. The Morgan fingerprint density at radius 1 is 1.15 bits per heavy atom. The molecule has 0 aliphatic carbocycles. The number of hydrazine groups is 1. The summed E-state index contributed by atoms with van der Waals surface area (Å²) in [6.07, 6.45) is 0.646. The lowest BCUT2D eigenvalue weighted by molar-refractivity contribution is 0.0953. The molecule has 8 nitrogen and oxygen atoms in total. The first-order valence-electron chi connectivity index (χ1n) is 10.8. The third kappa shape index (κ3) is 6.00. The third-order valence-electron chi connectivity index (χ3n) is 5.81. The van der Waals surface area contributed by atoms with Gasteiger partial charge in [0.15, 0.2) is 0 Å². The van der Waals surface area contributed by atoms with Crippen molar-refractivity contribution in [1.82, 2.24) is 15.2 Å². The van der Waals surface area contributed by atoms with Gasteiger partial charge in [0, 0.05) is 44.0 Å². The molecule has 3 amide bonds. The monoisotopic (exact) mass is 477 g/mol. The van der Waals surface area contributed by atoms with Crippen LogP contribution in [0.3, 0.4) is 0 Å². The molecule has 3 rings (SSSR count). The molecule has 0 aromatic heterocycles. The highest BCUT2D eigenvalue weighted by Crippen LogP contribution is 2.27.